The molecule has 0 saturated carbocycles. The Labute approximate surface area is 78.7 Å². The minimum Gasteiger partial charge on any atom is -0.355 e. The van der Waals surface area contributed by atoms with Gasteiger partial charge in [0.1, 0.15) is 0 Å². The van der Waals surface area contributed by atoms with Crippen LogP contribution in [0.25, 0.3) is 6.08 Å². The molecule has 1 heterocycles. The van der Waals surface area contributed by atoms with Crippen molar-refractivity contribution in [3.8, 4) is 0 Å². The van der Waals surface area contributed by atoms with E-state index in [0.29, 0.717) is 0 Å². The fraction of sp³-hybridized carbons (Fsp3) is 0.273. The molecule has 2 rings (SSSR count). The van der Waals surface area contributed by atoms with Crippen LogP contribution in [0.15, 0.2) is 24.3 Å². The molecule has 0 spiro atoms. The Morgan fingerprint density at radius 1 is 1.38 bits per heavy atom. The van der Waals surface area contributed by atoms with Crippen LogP contribution in [0.2, 0.25) is 0 Å². The molecule has 0 bridgehead atoms. The fourth-order valence-corrected chi connectivity index (χ4v) is 1.62. The molecule has 2 N–H and O–H groups in total. The van der Waals surface area contributed by atoms with Crippen molar-refractivity contribution in [1.82, 2.24) is 0 Å². The summed E-state index contributed by atoms with van der Waals surface area (Å²) in [4.78, 5) is 2.08. The van der Waals surface area contributed by atoms with Gasteiger partial charge in [0.05, 0.1) is 6.17 Å². The first-order valence-electron chi connectivity index (χ1n) is 4.46. The summed E-state index contributed by atoms with van der Waals surface area (Å²) in [6.07, 6.45) is 4.12. The van der Waals surface area contributed by atoms with Crippen molar-refractivity contribution in [2.24, 2.45) is 5.73 Å². The van der Waals surface area contributed by atoms with Crippen molar-refractivity contribution in [3.63, 3.8) is 0 Å². The summed E-state index contributed by atoms with van der Waals surface area (Å²) >= 11 is 0. The van der Waals surface area contributed by atoms with E-state index in [4.69, 9.17) is 5.73 Å². The van der Waals surface area contributed by atoms with Crippen LogP contribution in [0.1, 0.15) is 11.1 Å². The average Bonchev–Trinajstić information content (AvgIpc) is 2.12. The minimum atomic E-state index is 0.00945. The Kier molecular flexibility index (Phi) is 1.85. The number of likely N-dealkylation sites (N-methyl/N-ethyl adjacent to an activating group) is 1. The number of anilines is 1. The molecule has 68 valence electrons. The molecule has 0 radical (unpaired) electrons. The van der Waals surface area contributed by atoms with Crippen molar-refractivity contribution < 1.29 is 0 Å². The molecular weight excluding hydrogens is 160 g/mol. The summed E-state index contributed by atoms with van der Waals surface area (Å²) in [6, 6.07) is 6.41. The van der Waals surface area contributed by atoms with Crippen molar-refractivity contribution in [2.75, 3.05) is 11.9 Å². The van der Waals surface area contributed by atoms with Crippen molar-refractivity contribution in [3.05, 3.63) is 35.4 Å². The first-order chi connectivity index (χ1) is 6.18. The van der Waals surface area contributed by atoms with E-state index in [-0.39, 0.29) is 6.17 Å². The van der Waals surface area contributed by atoms with Crippen LogP contribution < -0.4 is 10.6 Å². The van der Waals surface area contributed by atoms with Gasteiger partial charge in [-0.25, -0.2) is 0 Å². The number of rotatable bonds is 0. The van der Waals surface area contributed by atoms with Crippen molar-refractivity contribution in [1.29, 1.82) is 0 Å². The van der Waals surface area contributed by atoms with E-state index in [0.717, 1.165) is 0 Å². The zero-order chi connectivity index (χ0) is 9.42. The second-order valence-electron chi connectivity index (χ2n) is 3.52. The van der Waals surface area contributed by atoms with Crippen LogP contribution in [0, 0.1) is 6.92 Å². The molecule has 1 atom stereocenters. The van der Waals surface area contributed by atoms with Gasteiger partial charge in [-0.3, -0.25) is 0 Å². The molecule has 1 unspecified atom stereocenters. The number of benzene rings is 1. The summed E-state index contributed by atoms with van der Waals surface area (Å²) in [5, 5.41) is 0. The van der Waals surface area contributed by atoms with Crippen LogP contribution in [-0.2, 0) is 0 Å². The Hall–Kier alpha value is -1.28. The molecule has 0 aromatic heterocycles. The number of fused-ring (bicyclic) bond motifs is 1. The molecule has 2 heteroatoms. The first kappa shape index (κ1) is 8.32. The summed E-state index contributed by atoms with van der Waals surface area (Å²) in [6.45, 7) is 2.10. The number of nitrogens with zero attached hydrogens (tertiary/aromatic N) is 1. The largest absolute Gasteiger partial charge is 0.355 e. The van der Waals surface area contributed by atoms with E-state index >= 15 is 0 Å². The second kappa shape index (κ2) is 2.89. The van der Waals surface area contributed by atoms with E-state index in [1.165, 1.54) is 16.8 Å². The summed E-state index contributed by atoms with van der Waals surface area (Å²) in [5.41, 5.74) is 9.62. The van der Waals surface area contributed by atoms with Crippen LogP contribution in [-0.4, -0.2) is 13.2 Å². The lowest BCUT2D eigenvalue weighted by atomic mass is 10.0. The van der Waals surface area contributed by atoms with Crippen LogP contribution in [0.5, 0.6) is 0 Å². The Morgan fingerprint density at radius 2 is 2.15 bits per heavy atom. The first-order valence-corrected chi connectivity index (χ1v) is 4.46. The van der Waals surface area contributed by atoms with E-state index in [2.05, 4.69) is 36.1 Å². The zero-order valence-corrected chi connectivity index (χ0v) is 7.99. The Bertz CT molecular complexity index is 355. The van der Waals surface area contributed by atoms with Gasteiger partial charge in [0.15, 0.2) is 0 Å². The average molecular weight is 174 g/mol. The molecule has 0 aliphatic carbocycles. The maximum Gasteiger partial charge on any atom is 0.0962 e. The molecule has 0 fully saturated rings. The van der Waals surface area contributed by atoms with E-state index in [1.54, 1.807) is 0 Å². The number of hydrogen-bond acceptors (Lipinski definition) is 2. The van der Waals surface area contributed by atoms with Crippen LogP contribution >= 0.6 is 0 Å². The maximum absolute atomic E-state index is 5.87. The van der Waals surface area contributed by atoms with Gasteiger partial charge < -0.3 is 10.6 Å². The van der Waals surface area contributed by atoms with Crippen molar-refractivity contribution >= 4 is 11.8 Å². The minimum absolute atomic E-state index is 0.00945. The van der Waals surface area contributed by atoms with Gasteiger partial charge in [-0.15, -0.1) is 0 Å². The molecule has 0 amide bonds. The fourth-order valence-electron chi connectivity index (χ4n) is 1.62. The Balaban J connectivity index is 2.52. The SMILES string of the molecule is Cc1ccc2c(c1)C=CC(N)N2C. The normalized spacial score (nSPS) is 20.2. The summed E-state index contributed by atoms with van der Waals surface area (Å²) in [7, 11) is 2.02. The lowest BCUT2D eigenvalue weighted by Crippen LogP contribution is -2.39. The molecular formula is C11H14N2. The van der Waals surface area contributed by atoms with Gasteiger partial charge in [0.2, 0.25) is 0 Å². The molecule has 0 saturated heterocycles. The van der Waals surface area contributed by atoms with Crippen LogP contribution in [0.3, 0.4) is 0 Å². The van der Waals surface area contributed by atoms with Gasteiger partial charge >= 0.3 is 0 Å². The lowest BCUT2D eigenvalue weighted by molar-refractivity contribution is 0.782. The highest BCUT2D eigenvalue weighted by Gasteiger charge is 2.14. The monoisotopic (exact) mass is 174 g/mol. The molecule has 1 aromatic rings. The van der Waals surface area contributed by atoms with Crippen LogP contribution in [0.4, 0.5) is 5.69 Å². The maximum atomic E-state index is 5.87. The molecule has 1 aromatic carbocycles. The highest BCUT2D eigenvalue weighted by molar-refractivity contribution is 5.72. The van der Waals surface area contributed by atoms with Gasteiger partial charge in [-0.05, 0) is 30.7 Å². The lowest BCUT2D eigenvalue weighted by Gasteiger charge is -2.29. The smallest absolute Gasteiger partial charge is 0.0962 e. The summed E-state index contributed by atoms with van der Waals surface area (Å²) in [5.74, 6) is 0. The summed E-state index contributed by atoms with van der Waals surface area (Å²) < 4.78 is 0. The third-order valence-electron chi connectivity index (χ3n) is 2.48. The van der Waals surface area contributed by atoms with E-state index in [9.17, 15) is 0 Å². The van der Waals surface area contributed by atoms with Crippen molar-refractivity contribution in [2.45, 2.75) is 13.1 Å². The number of aryl methyl sites for hydroxylation is 1. The highest BCUT2D eigenvalue weighted by Crippen LogP contribution is 2.26. The van der Waals surface area contributed by atoms with Gasteiger partial charge in [-0.2, -0.15) is 0 Å². The van der Waals surface area contributed by atoms with E-state index < -0.39 is 0 Å². The van der Waals surface area contributed by atoms with Gasteiger partial charge in [0, 0.05) is 12.7 Å². The predicted molar refractivity (Wildman–Crippen MR) is 56.6 cm³/mol. The zero-order valence-electron chi connectivity index (χ0n) is 7.99. The third kappa shape index (κ3) is 1.33. The highest BCUT2D eigenvalue weighted by atomic mass is 15.2. The standard InChI is InChI=1S/C11H14N2/c1-8-3-5-10-9(7-8)4-6-11(12)13(10)2/h3-7,11H,12H2,1-2H3. The second-order valence-corrected chi connectivity index (χ2v) is 3.52. The van der Waals surface area contributed by atoms with Gasteiger partial charge in [0.25, 0.3) is 0 Å². The molecule has 1 aliphatic rings. The quantitative estimate of drug-likeness (QED) is 0.649. The molecule has 13 heavy (non-hydrogen) atoms. The number of nitrogens with two attached hydrogens (primary N) is 1. The number of hydrogen-bond donors (Lipinski definition) is 1. The topological polar surface area (TPSA) is 29.3 Å². The Morgan fingerprint density at radius 3 is 2.92 bits per heavy atom. The third-order valence-corrected chi connectivity index (χ3v) is 2.48. The van der Waals surface area contributed by atoms with E-state index in [1.807, 2.05) is 13.1 Å². The van der Waals surface area contributed by atoms with Gasteiger partial charge in [-0.1, -0.05) is 17.7 Å². The molecule has 1 aliphatic heterocycles. The predicted octanol–water partition coefficient (Wildman–Crippen LogP) is 1.74. The molecule has 2 nitrogen and oxygen atoms in total.